The zero-order chi connectivity index (χ0) is 14.9. The van der Waals surface area contributed by atoms with Crippen molar-refractivity contribution in [3.63, 3.8) is 0 Å². The molecule has 20 heavy (non-hydrogen) atoms. The van der Waals surface area contributed by atoms with Crippen LogP contribution in [0.2, 0.25) is 0 Å². The number of alkyl halides is 3. The molecule has 1 fully saturated rings. The summed E-state index contributed by atoms with van der Waals surface area (Å²) in [6, 6.07) is 6.86. The molecule has 0 radical (unpaired) electrons. The van der Waals surface area contributed by atoms with E-state index in [4.69, 9.17) is 39.5 Å². The first-order valence-corrected chi connectivity index (χ1v) is 7.52. The number of carbonyl (C=O) groups is 1. The molecule has 0 saturated carbocycles. The van der Waals surface area contributed by atoms with Crippen molar-refractivity contribution in [3.8, 4) is 5.75 Å². The lowest BCUT2D eigenvalue weighted by atomic mass is 10.2. The molecule has 2 amide bonds. The maximum atomic E-state index is 12.3. The van der Waals surface area contributed by atoms with Crippen molar-refractivity contribution in [2.24, 2.45) is 0 Å². The molecule has 1 aliphatic heterocycles. The minimum Gasteiger partial charge on any atom is -0.497 e. The highest BCUT2D eigenvalue weighted by Crippen LogP contribution is 2.42. The standard InChI is InChI=1S/C11H12Cl3N3O2S/c1-7-15-17(20-11(12,13)14)10(18)16(7)8-4-3-5-9(6-8)19-2/h3-7,15H,1-2H3. The van der Waals surface area contributed by atoms with E-state index < -0.39 is 3.12 Å². The van der Waals surface area contributed by atoms with E-state index in [-0.39, 0.29) is 12.2 Å². The number of urea groups is 1. The van der Waals surface area contributed by atoms with Gasteiger partial charge in [0.1, 0.15) is 11.9 Å². The number of rotatable bonds is 3. The minimum atomic E-state index is -1.62. The third kappa shape index (κ3) is 3.56. The van der Waals surface area contributed by atoms with Crippen molar-refractivity contribution in [1.82, 2.24) is 9.84 Å². The molecule has 9 heteroatoms. The van der Waals surface area contributed by atoms with Crippen LogP contribution in [0, 0.1) is 0 Å². The number of amides is 2. The van der Waals surface area contributed by atoms with Gasteiger partial charge in [-0.3, -0.25) is 4.90 Å². The number of carbonyl (C=O) groups excluding carboxylic acids is 1. The van der Waals surface area contributed by atoms with Gasteiger partial charge in [-0.2, -0.15) is 9.84 Å². The Morgan fingerprint density at radius 1 is 1.40 bits per heavy atom. The second kappa shape index (κ2) is 6.07. The number of ether oxygens (including phenoxy) is 1. The van der Waals surface area contributed by atoms with E-state index in [0.717, 1.165) is 11.9 Å². The molecule has 1 N–H and O–H groups in total. The van der Waals surface area contributed by atoms with Gasteiger partial charge in [0.2, 0.25) is 0 Å². The molecule has 0 bridgehead atoms. The quantitative estimate of drug-likeness (QED) is 0.661. The maximum absolute atomic E-state index is 12.3. The third-order valence-electron chi connectivity index (χ3n) is 2.60. The van der Waals surface area contributed by atoms with Crippen molar-refractivity contribution < 1.29 is 9.53 Å². The van der Waals surface area contributed by atoms with Gasteiger partial charge in [0.15, 0.2) is 0 Å². The molecule has 1 atom stereocenters. The summed E-state index contributed by atoms with van der Waals surface area (Å²) in [6.07, 6.45) is -0.269. The Labute approximate surface area is 136 Å². The van der Waals surface area contributed by atoms with E-state index in [2.05, 4.69) is 5.43 Å². The average molecular weight is 357 g/mol. The van der Waals surface area contributed by atoms with E-state index in [9.17, 15) is 4.79 Å². The summed E-state index contributed by atoms with van der Waals surface area (Å²) < 4.78 is 4.74. The number of hydrazine groups is 1. The third-order valence-corrected chi connectivity index (χ3v) is 3.87. The topological polar surface area (TPSA) is 44.8 Å². The van der Waals surface area contributed by atoms with Gasteiger partial charge >= 0.3 is 6.03 Å². The largest absolute Gasteiger partial charge is 0.497 e. The number of hydrogen-bond acceptors (Lipinski definition) is 4. The average Bonchev–Trinajstić information content (AvgIpc) is 2.62. The van der Waals surface area contributed by atoms with Crippen molar-refractivity contribution in [1.29, 1.82) is 0 Å². The lowest BCUT2D eigenvalue weighted by molar-refractivity contribution is 0.236. The molecule has 5 nitrogen and oxygen atoms in total. The molecule has 2 rings (SSSR count). The normalized spacial score (nSPS) is 19.6. The van der Waals surface area contributed by atoms with Crippen LogP contribution in [0.4, 0.5) is 10.5 Å². The molecule has 1 aromatic carbocycles. The fourth-order valence-electron chi connectivity index (χ4n) is 1.81. The number of anilines is 1. The molecule has 0 aliphatic carbocycles. The van der Waals surface area contributed by atoms with E-state index >= 15 is 0 Å². The summed E-state index contributed by atoms with van der Waals surface area (Å²) in [7, 11) is 1.57. The fourth-order valence-corrected chi connectivity index (χ4v) is 3.01. The summed E-state index contributed by atoms with van der Waals surface area (Å²) in [5.41, 5.74) is 3.62. The van der Waals surface area contributed by atoms with Crippen LogP contribution in [0.1, 0.15) is 6.92 Å². The first-order chi connectivity index (χ1) is 9.31. The van der Waals surface area contributed by atoms with Crippen molar-refractivity contribution >= 4 is 58.5 Å². The van der Waals surface area contributed by atoms with E-state index in [1.54, 1.807) is 30.2 Å². The summed E-state index contributed by atoms with van der Waals surface area (Å²) in [5, 5.41) is 0. The monoisotopic (exact) mass is 355 g/mol. The zero-order valence-corrected chi connectivity index (χ0v) is 13.7. The Morgan fingerprint density at radius 2 is 2.10 bits per heavy atom. The lowest BCUT2D eigenvalue weighted by Gasteiger charge is -2.20. The number of benzene rings is 1. The molecule has 0 aromatic heterocycles. The van der Waals surface area contributed by atoms with E-state index in [1.807, 2.05) is 13.0 Å². The molecule has 0 spiro atoms. The number of methoxy groups -OCH3 is 1. The van der Waals surface area contributed by atoms with Gasteiger partial charge in [0.05, 0.1) is 12.8 Å². The van der Waals surface area contributed by atoms with Gasteiger partial charge in [-0.25, -0.2) is 4.79 Å². The van der Waals surface area contributed by atoms with Crippen LogP contribution in [-0.4, -0.2) is 26.8 Å². The molecule has 1 saturated heterocycles. The smallest absolute Gasteiger partial charge is 0.350 e. The fraction of sp³-hybridized carbons (Fsp3) is 0.364. The Hall–Kier alpha value is -0.530. The highest BCUT2D eigenvalue weighted by atomic mass is 35.6. The van der Waals surface area contributed by atoms with Crippen molar-refractivity contribution in [3.05, 3.63) is 24.3 Å². The summed E-state index contributed by atoms with van der Waals surface area (Å²) in [5.74, 6) is 0.662. The molecule has 1 heterocycles. The lowest BCUT2D eigenvalue weighted by Crippen LogP contribution is -2.34. The van der Waals surface area contributed by atoms with Gasteiger partial charge in [-0.05, 0) is 19.1 Å². The van der Waals surface area contributed by atoms with Crippen molar-refractivity contribution in [2.75, 3.05) is 12.0 Å². The Bertz CT molecular complexity index is 512. The second-order valence-corrected chi connectivity index (χ2v) is 8.10. The number of hydrogen-bond donors (Lipinski definition) is 1. The molecule has 1 aliphatic rings. The predicted molar refractivity (Wildman–Crippen MR) is 83.2 cm³/mol. The predicted octanol–water partition coefficient (Wildman–Crippen LogP) is 3.76. The van der Waals surface area contributed by atoms with Gasteiger partial charge < -0.3 is 4.74 Å². The minimum absolute atomic E-state index is 0.269. The van der Waals surface area contributed by atoms with Gasteiger partial charge in [0, 0.05) is 18.0 Å². The summed E-state index contributed by atoms with van der Waals surface area (Å²) >= 11 is 17.8. The summed E-state index contributed by atoms with van der Waals surface area (Å²) in [4.78, 5) is 13.9. The Kier molecular flexibility index (Phi) is 4.81. The first kappa shape index (κ1) is 15.9. The van der Waals surface area contributed by atoms with Crippen LogP contribution in [-0.2, 0) is 0 Å². The SMILES string of the molecule is COc1cccc(N2C(=O)N(SC(Cl)(Cl)Cl)NC2C)c1. The molecule has 110 valence electrons. The summed E-state index contributed by atoms with van der Waals surface area (Å²) in [6.45, 7) is 1.83. The van der Waals surface area contributed by atoms with Crippen LogP contribution in [0.15, 0.2) is 24.3 Å². The first-order valence-electron chi connectivity index (χ1n) is 5.61. The maximum Gasteiger partial charge on any atom is 0.350 e. The zero-order valence-electron chi connectivity index (χ0n) is 10.6. The van der Waals surface area contributed by atoms with Crippen LogP contribution < -0.4 is 15.1 Å². The van der Waals surface area contributed by atoms with Crippen LogP contribution >= 0.6 is 46.8 Å². The molecular formula is C11H12Cl3N3O2S. The van der Waals surface area contributed by atoms with Gasteiger partial charge in [0.25, 0.3) is 3.12 Å². The second-order valence-electron chi connectivity index (χ2n) is 3.99. The highest BCUT2D eigenvalue weighted by molar-refractivity contribution is 8.03. The van der Waals surface area contributed by atoms with Crippen LogP contribution in [0.5, 0.6) is 5.75 Å². The molecule has 1 unspecified atom stereocenters. The van der Waals surface area contributed by atoms with Gasteiger partial charge in [-0.15, -0.1) is 0 Å². The van der Waals surface area contributed by atoms with E-state index in [0.29, 0.717) is 11.4 Å². The van der Waals surface area contributed by atoms with Crippen LogP contribution in [0.25, 0.3) is 0 Å². The van der Waals surface area contributed by atoms with E-state index in [1.165, 1.54) is 4.41 Å². The molecule has 1 aromatic rings. The number of nitrogens with zero attached hydrogens (tertiary/aromatic N) is 2. The highest BCUT2D eigenvalue weighted by Gasteiger charge is 2.40. The van der Waals surface area contributed by atoms with Gasteiger partial charge in [-0.1, -0.05) is 40.9 Å². The molecular weight excluding hydrogens is 345 g/mol. The Balaban J connectivity index is 2.22. The number of nitrogens with one attached hydrogen (secondary N) is 1. The van der Waals surface area contributed by atoms with Crippen molar-refractivity contribution in [2.45, 2.75) is 16.2 Å². The number of halogens is 3. The Morgan fingerprint density at radius 3 is 2.70 bits per heavy atom. The van der Waals surface area contributed by atoms with Crippen LogP contribution in [0.3, 0.4) is 0 Å².